The number of rotatable bonds is 9. The number of hydrogen-bond donors (Lipinski definition) is 2. The quantitative estimate of drug-likeness (QED) is 0.279. The Labute approximate surface area is 104 Å². The van der Waals surface area contributed by atoms with Crippen LogP contribution in [0.1, 0.15) is 0 Å². The molecule has 0 fully saturated rings. The van der Waals surface area contributed by atoms with E-state index >= 15 is 0 Å². The van der Waals surface area contributed by atoms with Gasteiger partial charge in [0, 0.05) is 0 Å². The van der Waals surface area contributed by atoms with Crippen LogP contribution < -0.4 is 0 Å². The van der Waals surface area contributed by atoms with Crippen molar-refractivity contribution in [3.63, 3.8) is 0 Å². The molecule has 0 aliphatic rings. The summed E-state index contributed by atoms with van der Waals surface area (Å²) in [5.74, 6) is -2.73. The van der Waals surface area contributed by atoms with Gasteiger partial charge in [0.15, 0.2) is 0 Å². The van der Waals surface area contributed by atoms with E-state index in [1.807, 2.05) is 0 Å². The van der Waals surface area contributed by atoms with Crippen LogP contribution in [0.5, 0.6) is 0 Å². The van der Waals surface area contributed by atoms with Gasteiger partial charge in [-0.3, -0.25) is 0 Å². The molecule has 0 rings (SSSR count). The molecule has 0 aromatic carbocycles. The fourth-order valence-electron chi connectivity index (χ4n) is 1.02. The molecule has 18 heavy (non-hydrogen) atoms. The summed E-state index contributed by atoms with van der Waals surface area (Å²) in [7, 11) is 0. The van der Waals surface area contributed by atoms with Crippen LogP contribution >= 0.6 is 0 Å². The Morgan fingerprint density at radius 1 is 0.889 bits per heavy atom. The summed E-state index contributed by atoms with van der Waals surface area (Å²) in [4.78, 5) is 21.9. The highest BCUT2D eigenvalue weighted by Gasteiger charge is 2.19. The summed E-state index contributed by atoms with van der Waals surface area (Å²) in [6, 6.07) is 0. The second kappa shape index (κ2) is 8.63. The van der Waals surface area contributed by atoms with E-state index in [0.29, 0.717) is 0 Å². The van der Waals surface area contributed by atoms with Gasteiger partial charge in [-0.15, -0.1) is 0 Å². The SMILES string of the molecule is C=COCC=C(C(=O)O)C(=CCOC=C)C(=O)O. The Balaban J connectivity index is 5.10. The minimum atomic E-state index is -1.37. The molecule has 0 aromatic heterocycles. The van der Waals surface area contributed by atoms with Crippen molar-refractivity contribution in [1.82, 2.24) is 0 Å². The maximum Gasteiger partial charge on any atom is 0.336 e. The smallest absolute Gasteiger partial charge is 0.336 e. The molecule has 0 spiro atoms. The van der Waals surface area contributed by atoms with Crippen LogP contribution in [0.3, 0.4) is 0 Å². The van der Waals surface area contributed by atoms with E-state index in [9.17, 15) is 9.59 Å². The van der Waals surface area contributed by atoms with Crippen LogP contribution in [0.15, 0.2) is 49.0 Å². The predicted octanol–water partition coefficient (Wildman–Crippen LogP) is 1.33. The van der Waals surface area contributed by atoms with Crippen molar-refractivity contribution < 1.29 is 29.3 Å². The van der Waals surface area contributed by atoms with E-state index in [0.717, 1.165) is 24.7 Å². The fraction of sp³-hybridized carbons (Fsp3) is 0.167. The van der Waals surface area contributed by atoms with Crippen LogP contribution in [-0.2, 0) is 19.1 Å². The molecule has 98 valence electrons. The van der Waals surface area contributed by atoms with E-state index in [2.05, 4.69) is 13.2 Å². The third kappa shape index (κ3) is 5.55. The zero-order chi connectivity index (χ0) is 14.0. The average molecular weight is 254 g/mol. The summed E-state index contributed by atoms with van der Waals surface area (Å²) in [6.45, 7) is 6.39. The molecule has 0 radical (unpaired) electrons. The van der Waals surface area contributed by atoms with Gasteiger partial charge in [-0.05, 0) is 12.2 Å². The third-order valence-corrected chi connectivity index (χ3v) is 1.75. The van der Waals surface area contributed by atoms with Gasteiger partial charge in [0.1, 0.15) is 13.2 Å². The van der Waals surface area contributed by atoms with Crippen molar-refractivity contribution in [2.24, 2.45) is 0 Å². The first kappa shape index (κ1) is 15.5. The van der Waals surface area contributed by atoms with Gasteiger partial charge >= 0.3 is 11.9 Å². The topological polar surface area (TPSA) is 93.1 Å². The normalized spacial score (nSPS) is 11.6. The van der Waals surface area contributed by atoms with Crippen molar-refractivity contribution in [2.75, 3.05) is 13.2 Å². The van der Waals surface area contributed by atoms with Crippen molar-refractivity contribution in [3.8, 4) is 0 Å². The summed E-state index contributed by atoms with van der Waals surface area (Å²) in [5.41, 5.74) is -0.756. The Morgan fingerprint density at radius 2 is 1.22 bits per heavy atom. The molecular weight excluding hydrogens is 240 g/mol. The highest BCUT2D eigenvalue weighted by Crippen LogP contribution is 2.11. The van der Waals surface area contributed by atoms with Gasteiger partial charge < -0.3 is 19.7 Å². The lowest BCUT2D eigenvalue weighted by Gasteiger charge is -2.04. The van der Waals surface area contributed by atoms with Gasteiger partial charge in [-0.25, -0.2) is 9.59 Å². The van der Waals surface area contributed by atoms with Gasteiger partial charge in [0.25, 0.3) is 0 Å². The Hall–Kier alpha value is -2.50. The van der Waals surface area contributed by atoms with E-state index in [-0.39, 0.29) is 24.4 Å². The fourth-order valence-corrected chi connectivity index (χ4v) is 1.02. The number of aliphatic carboxylic acids is 2. The van der Waals surface area contributed by atoms with Crippen LogP contribution in [-0.4, -0.2) is 35.4 Å². The molecule has 6 nitrogen and oxygen atoms in total. The average Bonchev–Trinajstić information content (AvgIpc) is 2.31. The molecule has 0 atom stereocenters. The van der Waals surface area contributed by atoms with Gasteiger partial charge in [0.2, 0.25) is 0 Å². The maximum absolute atomic E-state index is 11.0. The largest absolute Gasteiger partial charge is 0.498 e. The maximum atomic E-state index is 11.0. The van der Waals surface area contributed by atoms with Crippen molar-refractivity contribution in [2.45, 2.75) is 0 Å². The number of carboxylic acid groups (broad SMARTS) is 2. The van der Waals surface area contributed by atoms with Crippen molar-refractivity contribution in [1.29, 1.82) is 0 Å². The molecule has 0 aliphatic carbocycles. The minimum absolute atomic E-state index is 0.0852. The molecular formula is C12H14O6. The molecule has 0 bridgehead atoms. The van der Waals surface area contributed by atoms with Crippen molar-refractivity contribution >= 4 is 11.9 Å². The lowest BCUT2D eigenvalue weighted by atomic mass is 10.1. The van der Waals surface area contributed by atoms with Gasteiger partial charge in [-0.1, -0.05) is 13.2 Å². The zero-order valence-electron chi connectivity index (χ0n) is 9.67. The highest BCUT2D eigenvalue weighted by molar-refractivity contribution is 6.05. The first-order valence-corrected chi connectivity index (χ1v) is 4.86. The first-order chi connectivity index (χ1) is 8.54. The Bertz CT molecular complexity index is 353. The molecule has 0 aliphatic heterocycles. The third-order valence-electron chi connectivity index (χ3n) is 1.75. The number of carboxylic acids is 2. The van der Waals surface area contributed by atoms with Crippen LogP contribution in [0.25, 0.3) is 0 Å². The monoisotopic (exact) mass is 254 g/mol. The van der Waals surface area contributed by atoms with E-state index in [1.54, 1.807) is 0 Å². The molecule has 0 amide bonds. The molecule has 0 aromatic rings. The van der Waals surface area contributed by atoms with E-state index in [1.165, 1.54) is 0 Å². The Kier molecular flexibility index (Phi) is 7.43. The second-order valence-electron chi connectivity index (χ2n) is 2.85. The first-order valence-electron chi connectivity index (χ1n) is 4.86. The summed E-state index contributed by atoms with van der Waals surface area (Å²) < 4.78 is 9.45. The van der Waals surface area contributed by atoms with E-state index in [4.69, 9.17) is 19.7 Å². The molecule has 6 heteroatoms. The lowest BCUT2D eigenvalue weighted by Crippen LogP contribution is -2.13. The minimum Gasteiger partial charge on any atom is -0.498 e. The lowest BCUT2D eigenvalue weighted by molar-refractivity contribution is -0.136. The summed E-state index contributed by atoms with van der Waals surface area (Å²) in [6.07, 6.45) is 4.53. The molecule has 0 saturated heterocycles. The van der Waals surface area contributed by atoms with Gasteiger partial charge in [0.05, 0.1) is 23.7 Å². The van der Waals surface area contributed by atoms with Crippen LogP contribution in [0.2, 0.25) is 0 Å². The highest BCUT2D eigenvalue weighted by atomic mass is 16.5. The molecule has 0 heterocycles. The molecule has 0 saturated carbocycles. The van der Waals surface area contributed by atoms with Crippen LogP contribution in [0.4, 0.5) is 0 Å². The summed E-state index contributed by atoms with van der Waals surface area (Å²) in [5, 5.41) is 17.9. The zero-order valence-corrected chi connectivity index (χ0v) is 9.67. The molecule has 0 unspecified atom stereocenters. The number of carbonyl (C=O) groups is 2. The number of hydrogen-bond acceptors (Lipinski definition) is 4. The van der Waals surface area contributed by atoms with Crippen molar-refractivity contribution in [3.05, 3.63) is 49.0 Å². The molecule has 2 N–H and O–H groups in total. The second-order valence-corrected chi connectivity index (χ2v) is 2.85. The number of ether oxygens (including phenoxy) is 2. The predicted molar refractivity (Wildman–Crippen MR) is 63.7 cm³/mol. The van der Waals surface area contributed by atoms with E-state index < -0.39 is 11.9 Å². The van der Waals surface area contributed by atoms with Crippen LogP contribution in [0, 0.1) is 0 Å². The standard InChI is InChI=1S/C12H14O6/c1-3-17-7-5-9(11(13)14)10(12(15)16)6-8-18-4-2/h3-6H,1-2,7-8H2,(H,13,14)(H,15,16). The van der Waals surface area contributed by atoms with Gasteiger partial charge in [-0.2, -0.15) is 0 Å². The summed E-state index contributed by atoms with van der Waals surface area (Å²) >= 11 is 0. The Morgan fingerprint density at radius 3 is 1.44 bits per heavy atom.